The van der Waals surface area contributed by atoms with E-state index in [0.717, 1.165) is 33.0 Å². The molecule has 0 saturated carbocycles. The molecule has 4 rings (SSSR count). The topological polar surface area (TPSA) is 72.7 Å². The van der Waals surface area contributed by atoms with Gasteiger partial charge in [0, 0.05) is 40.7 Å². The molecular weight excluding hydrogens is 394 g/mol. The molecule has 0 aliphatic heterocycles. The molecule has 0 bridgehead atoms. The number of aryl methyl sites for hydroxylation is 2. The van der Waals surface area contributed by atoms with Crippen LogP contribution in [0.4, 0.5) is 5.13 Å². The molecule has 4 aromatic rings. The van der Waals surface area contributed by atoms with Crippen LogP contribution in [0.3, 0.4) is 0 Å². The Bertz CT molecular complexity index is 1160. The first-order chi connectivity index (χ1) is 14.6. The minimum absolute atomic E-state index is 0.225. The highest BCUT2D eigenvalue weighted by molar-refractivity contribution is 7.15. The smallest absolute Gasteiger partial charge is 0.250 e. The Hall–Kier alpha value is -3.58. The monoisotopic (exact) mass is 415 g/mol. The highest BCUT2D eigenvalue weighted by Gasteiger charge is 2.11. The zero-order valence-corrected chi connectivity index (χ0v) is 17.6. The molecule has 0 radical (unpaired) electrons. The van der Waals surface area contributed by atoms with Crippen LogP contribution in [0.1, 0.15) is 21.7 Å². The minimum Gasteiger partial charge on any atom is -0.298 e. The van der Waals surface area contributed by atoms with Gasteiger partial charge in [-0.25, -0.2) is 4.98 Å². The molecule has 30 heavy (non-hydrogen) atoms. The fourth-order valence-corrected chi connectivity index (χ4v) is 3.79. The number of pyridine rings is 1. The summed E-state index contributed by atoms with van der Waals surface area (Å²) in [4.78, 5) is 22.0. The molecule has 6 nitrogen and oxygen atoms in total. The van der Waals surface area contributed by atoms with E-state index in [1.165, 1.54) is 17.4 Å². The van der Waals surface area contributed by atoms with E-state index in [1.54, 1.807) is 18.5 Å². The van der Waals surface area contributed by atoms with E-state index >= 15 is 0 Å². The van der Waals surface area contributed by atoms with Crippen LogP contribution in [0.25, 0.3) is 17.3 Å². The Morgan fingerprint density at radius 3 is 2.70 bits per heavy atom. The fraction of sp³-hybridized carbons (Fsp3) is 0.130. The van der Waals surface area contributed by atoms with E-state index < -0.39 is 0 Å². The number of amides is 1. The lowest BCUT2D eigenvalue weighted by Gasteiger charge is -2.01. The number of thiazole rings is 1. The molecule has 0 spiro atoms. The predicted octanol–water partition coefficient (Wildman–Crippen LogP) is 4.72. The van der Waals surface area contributed by atoms with Crippen molar-refractivity contribution in [2.75, 3.05) is 5.32 Å². The summed E-state index contributed by atoms with van der Waals surface area (Å²) in [6.45, 7) is 4.56. The Balaban J connectivity index is 1.58. The van der Waals surface area contributed by atoms with Crippen molar-refractivity contribution in [3.63, 3.8) is 0 Å². The van der Waals surface area contributed by atoms with E-state index in [-0.39, 0.29) is 5.91 Å². The third-order valence-corrected chi connectivity index (χ3v) is 5.57. The summed E-state index contributed by atoms with van der Waals surface area (Å²) < 4.78 is 1.88. The van der Waals surface area contributed by atoms with Crippen LogP contribution in [0, 0.1) is 13.8 Å². The summed E-state index contributed by atoms with van der Waals surface area (Å²) >= 11 is 1.47. The van der Waals surface area contributed by atoms with Gasteiger partial charge >= 0.3 is 0 Å². The molecule has 1 amide bonds. The normalized spacial score (nSPS) is 11.1. The Morgan fingerprint density at radius 2 is 2.00 bits per heavy atom. The molecule has 0 aliphatic carbocycles. The number of nitrogens with zero attached hydrogens (tertiary/aromatic N) is 4. The van der Waals surface area contributed by atoms with Crippen molar-refractivity contribution in [3.8, 4) is 11.3 Å². The summed E-state index contributed by atoms with van der Waals surface area (Å²) in [6, 6.07) is 14.0. The zero-order chi connectivity index (χ0) is 20.9. The van der Waals surface area contributed by atoms with Crippen molar-refractivity contribution < 1.29 is 4.79 Å². The van der Waals surface area contributed by atoms with Gasteiger partial charge in [0.15, 0.2) is 5.13 Å². The lowest BCUT2D eigenvalue weighted by Crippen LogP contribution is -2.07. The standard InChI is InChI=1S/C23H21N5OS/c1-16-17(2)30-23(25-16)26-21(29)11-10-20-15-28(14-18-7-4-3-5-8-18)27-22(20)19-9-6-12-24-13-19/h3-13,15H,14H2,1-2H3,(H,25,26,29)/b11-10+. The molecule has 0 aliphatic rings. The van der Waals surface area contributed by atoms with E-state index in [2.05, 4.69) is 27.4 Å². The first-order valence-corrected chi connectivity index (χ1v) is 10.3. The molecule has 0 saturated heterocycles. The Labute approximate surface area is 179 Å². The summed E-state index contributed by atoms with van der Waals surface area (Å²) in [5, 5.41) is 8.16. The maximum atomic E-state index is 12.4. The van der Waals surface area contributed by atoms with E-state index in [1.807, 2.05) is 55.1 Å². The van der Waals surface area contributed by atoms with Gasteiger partial charge in [-0.3, -0.25) is 19.8 Å². The number of anilines is 1. The highest BCUT2D eigenvalue weighted by atomic mass is 32.1. The number of carbonyl (C=O) groups is 1. The van der Waals surface area contributed by atoms with Gasteiger partial charge in [0.05, 0.1) is 12.2 Å². The number of aromatic nitrogens is 4. The minimum atomic E-state index is -0.225. The summed E-state index contributed by atoms with van der Waals surface area (Å²) in [5.41, 5.74) is 4.61. The molecule has 0 fully saturated rings. The number of benzene rings is 1. The summed E-state index contributed by atoms with van der Waals surface area (Å²) in [7, 11) is 0. The van der Waals surface area contributed by atoms with Gasteiger partial charge < -0.3 is 0 Å². The van der Waals surface area contributed by atoms with Gasteiger partial charge in [-0.1, -0.05) is 30.3 Å². The average molecular weight is 416 g/mol. The largest absolute Gasteiger partial charge is 0.298 e. The summed E-state index contributed by atoms with van der Waals surface area (Å²) in [5.74, 6) is -0.225. The second-order valence-corrected chi connectivity index (χ2v) is 8.04. The van der Waals surface area contributed by atoms with Crippen molar-refractivity contribution in [2.45, 2.75) is 20.4 Å². The van der Waals surface area contributed by atoms with Gasteiger partial charge in [-0.15, -0.1) is 11.3 Å². The Morgan fingerprint density at radius 1 is 1.17 bits per heavy atom. The van der Waals surface area contributed by atoms with E-state index in [9.17, 15) is 4.79 Å². The number of nitrogens with one attached hydrogen (secondary N) is 1. The first kappa shape index (κ1) is 19.7. The van der Waals surface area contributed by atoms with Crippen LogP contribution in [-0.4, -0.2) is 25.7 Å². The van der Waals surface area contributed by atoms with Crippen molar-refractivity contribution in [1.82, 2.24) is 19.7 Å². The SMILES string of the molecule is Cc1nc(NC(=O)/C=C/c2cn(Cc3ccccc3)nc2-c2cccnc2)sc1C. The Kier molecular flexibility index (Phi) is 5.81. The third-order valence-electron chi connectivity index (χ3n) is 4.59. The molecule has 150 valence electrons. The second kappa shape index (κ2) is 8.84. The van der Waals surface area contributed by atoms with Crippen molar-refractivity contribution >= 4 is 28.5 Å². The van der Waals surface area contributed by atoms with Crippen LogP contribution in [-0.2, 0) is 11.3 Å². The second-order valence-electron chi connectivity index (χ2n) is 6.84. The van der Waals surface area contributed by atoms with Gasteiger partial charge in [-0.2, -0.15) is 5.10 Å². The van der Waals surface area contributed by atoms with Gasteiger partial charge in [0.25, 0.3) is 0 Å². The molecule has 7 heteroatoms. The quantitative estimate of drug-likeness (QED) is 0.463. The predicted molar refractivity (Wildman–Crippen MR) is 120 cm³/mol. The summed E-state index contributed by atoms with van der Waals surface area (Å²) in [6.07, 6.45) is 8.73. The number of carbonyl (C=O) groups excluding carboxylic acids is 1. The van der Waals surface area contributed by atoms with Crippen LogP contribution >= 0.6 is 11.3 Å². The lowest BCUT2D eigenvalue weighted by atomic mass is 10.1. The number of rotatable bonds is 6. The van der Waals surface area contributed by atoms with Crippen molar-refractivity contribution in [1.29, 1.82) is 0 Å². The number of hydrogen-bond donors (Lipinski definition) is 1. The van der Waals surface area contributed by atoms with Crippen molar-refractivity contribution in [2.24, 2.45) is 0 Å². The first-order valence-electron chi connectivity index (χ1n) is 9.53. The molecule has 0 unspecified atom stereocenters. The van der Waals surface area contributed by atoms with E-state index in [4.69, 9.17) is 5.10 Å². The van der Waals surface area contributed by atoms with E-state index in [0.29, 0.717) is 11.7 Å². The third kappa shape index (κ3) is 4.69. The maximum absolute atomic E-state index is 12.4. The lowest BCUT2D eigenvalue weighted by molar-refractivity contribution is -0.111. The van der Waals surface area contributed by atoms with Crippen LogP contribution in [0.2, 0.25) is 0 Å². The van der Waals surface area contributed by atoms with Crippen LogP contribution < -0.4 is 5.32 Å². The molecule has 1 aromatic carbocycles. The maximum Gasteiger partial charge on any atom is 0.250 e. The van der Waals surface area contributed by atoms with Crippen LogP contribution in [0.15, 0.2) is 67.1 Å². The van der Waals surface area contributed by atoms with Gasteiger partial charge in [0.2, 0.25) is 5.91 Å². The number of hydrogen-bond acceptors (Lipinski definition) is 5. The fourth-order valence-electron chi connectivity index (χ4n) is 2.98. The van der Waals surface area contributed by atoms with Crippen molar-refractivity contribution in [3.05, 3.63) is 88.8 Å². The van der Waals surface area contributed by atoms with Gasteiger partial charge in [-0.05, 0) is 37.6 Å². The molecule has 3 aromatic heterocycles. The average Bonchev–Trinajstić information content (AvgIpc) is 3.30. The molecule has 0 atom stereocenters. The zero-order valence-electron chi connectivity index (χ0n) is 16.7. The molecular formula is C23H21N5OS. The highest BCUT2D eigenvalue weighted by Crippen LogP contribution is 2.24. The molecule has 3 heterocycles. The van der Waals surface area contributed by atoms with Gasteiger partial charge in [0.1, 0.15) is 5.69 Å². The van der Waals surface area contributed by atoms with Crippen LogP contribution in [0.5, 0.6) is 0 Å². The molecule has 1 N–H and O–H groups in total.